The zero-order valence-electron chi connectivity index (χ0n) is 15.9. The van der Waals surface area contributed by atoms with Crippen molar-refractivity contribution in [3.63, 3.8) is 0 Å². The molecule has 0 saturated carbocycles. The van der Waals surface area contributed by atoms with Gasteiger partial charge in [-0.05, 0) is 55.4 Å². The van der Waals surface area contributed by atoms with E-state index in [2.05, 4.69) is 0 Å². The van der Waals surface area contributed by atoms with Crippen LogP contribution in [0.4, 0.5) is 0 Å². The summed E-state index contributed by atoms with van der Waals surface area (Å²) in [7, 11) is 0. The Kier molecular flexibility index (Phi) is 31.3. The molecule has 0 rings (SSSR count). The Bertz CT molecular complexity index is 256. The number of carbonyl (C=O) groups excluding carboxylic acids is 1. The van der Waals surface area contributed by atoms with E-state index >= 15 is 0 Å². The van der Waals surface area contributed by atoms with Crippen LogP contribution in [-0.4, -0.2) is 78.2 Å². The van der Waals surface area contributed by atoms with Crippen LogP contribution in [0.3, 0.4) is 0 Å². The molecule has 0 aliphatic rings. The lowest BCUT2D eigenvalue weighted by atomic mass is 10.4. The van der Waals surface area contributed by atoms with Gasteiger partial charge in [-0.25, -0.2) is 4.79 Å². The lowest BCUT2D eigenvalue weighted by Gasteiger charge is -2.03. The highest BCUT2D eigenvalue weighted by Crippen LogP contribution is 1.88. The van der Waals surface area contributed by atoms with Crippen LogP contribution in [0.5, 0.6) is 0 Å². The second-order valence-corrected chi connectivity index (χ2v) is 5.54. The first-order valence-corrected chi connectivity index (χ1v) is 7.18. The van der Waals surface area contributed by atoms with Crippen molar-refractivity contribution in [3.8, 4) is 0 Å². The SMILES string of the molecule is CC(C)(O)O.CC(C)=O.CC(C)O.CC(O)C(=O)O.CC(O)CO. The fourth-order valence-corrected chi connectivity index (χ4v) is 0. The van der Waals surface area contributed by atoms with Crippen LogP contribution in [-0.2, 0) is 9.59 Å². The molecule has 9 nitrogen and oxygen atoms in total. The summed E-state index contributed by atoms with van der Waals surface area (Å²) in [6, 6.07) is 0. The van der Waals surface area contributed by atoms with E-state index in [1.807, 2.05) is 0 Å². The van der Waals surface area contributed by atoms with Crippen molar-refractivity contribution < 1.29 is 45.3 Å². The zero-order chi connectivity index (χ0) is 21.1. The molecule has 0 aliphatic heterocycles. The largest absolute Gasteiger partial charge is 0.479 e. The third-order valence-corrected chi connectivity index (χ3v) is 0.622. The maximum Gasteiger partial charge on any atom is 0.332 e. The molecule has 0 amide bonds. The van der Waals surface area contributed by atoms with Gasteiger partial charge in [0.15, 0.2) is 5.79 Å². The topological polar surface area (TPSA) is 176 Å². The van der Waals surface area contributed by atoms with Gasteiger partial charge in [-0.1, -0.05) is 0 Å². The summed E-state index contributed by atoms with van der Waals surface area (Å²) in [5.74, 6) is -2.52. The number of aliphatic hydroxyl groups is 6. The first kappa shape index (κ1) is 34.3. The van der Waals surface area contributed by atoms with Crippen molar-refractivity contribution in [1.82, 2.24) is 0 Å². The minimum absolute atomic E-state index is 0.139. The summed E-state index contributed by atoms with van der Waals surface area (Å²) in [5, 5.41) is 56.0. The molecule has 0 aromatic heterocycles. The van der Waals surface area contributed by atoms with Crippen molar-refractivity contribution in [3.05, 3.63) is 0 Å². The van der Waals surface area contributed by atoms with E-state index < -0.39 is 24.0 Å². The van der Waals surface area contributed by atoms with Crippen LogP contribution < -0.4 is 0 Å². The monoisotopic (exact) mass is 360 g/mol. The molecule has 0 aliphatic carbocycles. The van der Waals surface area contributed by atoms with Crippen LogP contribution in [0, 0.1) is 0 Å². The Balaban J connectivity index is -0.0000000633. The van der Waals surface area contributed by atoms with Gasteiger partial charge in [-0.15, -0.1) is 0 Å². The number of aliphatic hydroxyl groups excluding tert-OH is 4. The highest BCUT2D eigenvalue weighted by molar-refractivity contribution is 5.72. The summed E-state index contributed by atoms with van der Waals surface area (Å²) >= 11 is 0. The van der Waals surface area contributed by atoms with E-state index in [1.54, 1.807) is 13.8 Å². The average Bonchev–Trinajstić information content (AvgIpc) is 2.25. The van der Waals surface area contributed by atoms with E-state index in [-0.39, 0.29) is 18.5 Å². The number of carboxylic acid groups (broad SMARTS) is 1. The molecule has 0 bridgehead atoms. The van der Waals surface area contributed by atoms with Crippen molar-refractivity contribution in [1.29, 1.82) is 0 Å². The number of carbonyl (C=O) groups is 2. The first-order valence-electron chi connectivity index (χ1n) is 7.18. The van der Waals surface area contributed by atoms with Crippen molar-refractivity contribution in [2.24, 2.45) is 0 Å². The number of ketones is 1. The Labute approximate surface area is 144 Å². The molecule has 2 unspecified atom stereocenters. The molecule has 0 aromatic carbocycles. The molecule has 7 N–H and O–H groups in total. The highest BCUT2D eigenvalue weighted by atomic mass is 16.5. The van der Waals surface area contributed by atoms with E-state index in [4.69, 9.17) is 35.7 Å². The Morgan fingerprint density at radius 3 is 1.00 bits per heavy atom. The van der Waals surface area contributed by atoms with Crippen LogP contribution in [0.1, 0.15) is 55.4 Å². The number of Topliss-reactive ketones (excluding diaryl/α,β-unsaturated/α-hetero) is 1. The maximum absolute atomic E-state index is 9.45. The molecular formula is C15H36O9. The number of carboxylic acids is 1. The van der Waals surface area contributed by atoms with Crippen molar-refractivity contribution >= 4 is 11.8 Å². The second-order valence-electron chi connectivity index (χ2n) is 5.54. The average molecular weight is 360 g/mol. The molecule has 0 spiro atoms. The van der Waals surface area contributed by atoms with Gasteiger partial charge < -0.3 is 40.5 Å². The fourth-order valence-electron chi connectivity index (χ4n) is 0. The summed E-state index contributed by atoms with van der Waals surface area (Å²) in [6.45, 7) is 11.7. The molecule has 24 heavy (non-hydrogen) atoms. The van der Waals surface area contributed by atoms with Gasteiger partial charge in [0, 0.05) is 6.10 Å². The van der Waals surface area contributed by atoms with Crippen molar-refractivity contribution in [2.45, 2.75) is 79.5 Å². The van der Waals surface area contributed by atoms with Crippen LogP contribution in [0.15, 0.2) is 0 Å². The smallest absolute Gasteiger partial charge is 0.332 e. The predicted octanol–water partition coefficient (Wildman–Crippen LogP) is -0.499. The van der Waals surface area contributed by atoms with Gasteiger partial charge in [-0.3, -0.25) is 0 Å². The van der Waals surface area contributed by atoms with Gasteiger partial charge in [0.05, 0.1) is 12.7 Å². The highest BCUT2D eigenvalue weighted by Gasteiger charge is 2.01. The third-order valence-electron chi connectivity index (χ3n) is 0.622. The predicted molar refractivity (Wildman–Crippen MR) is 90.3 cm³/mol. The maximum atomic E-state index is 9.45. The van der Waals surface area contributed by atoms with Gasteiger partial charge in [0.25, 0.3) is 0 Å². The van der Waals surface area contributed by atoms with E-state index in [1.165, 1.54) is 41.5 Å². The number of hydrogen-bond acceptors (Lipinski definition) is 8. The van der Waals surface area contributed by atoms with Crippen molar-refractivity contribution in [2.75, 3.05) is 6.61 Å². The first-order chi connectivity index (χ1) is 10.4. The summed E-state index contributed by atoms with van der Waals surface area (Å²) < 4.78 is 0. The molecule has 0 fully saturated rings. The lowest BCUT2D eigenvalue weighted by Crippen LogP contribution is -2.15. The molecular weight excluding hydrogens is 324 g/mol. The van der Waals surface area contributed by atoms with E-state index in [0.717, 1.165) is 0 Å². The van der Waals surface area contributed by atoms with Gasteiger partial charge in [0.2, 0.25) is 0 Å². The van der Waals surface area contributed by atoms with Gasteiger partial charge in [0.1, 0.15) is 11.9 Å². The fraction of sp³-hybridized carbons (Fsp3) is 0.867. The summed E-state index contributed by atoms with van der Waals surface area (Å²) in [4.78, 5) is 18.9. The Morgan fingerprint density at radius 1 is 0.917 bits per heavy atom. The molecule has 0 radical (unpaired) electrons. The number of aliphatic carboxylic acids is 1. The zero-order valence-corrected chi connectivity index (χ0v) is 15.9. The Morgan fingerprint density at radius 2 is 1.00 bits per heavy atom. The minimum Gasteiger partial charge on any atom is -0.479 e. The molecule has 2 atom stereocenters. The molecule has 0 aromatic rings. The number of hydrogen-bond donors (Lipinski definition) is 7. The number of rotatable bonds is 2. The lowest BCUT2D eigenvalue weighted by molar-refractivity contribution is -0.145. The van der Waals surface area contributed by atoms with Gasteiger partial charge >= 0.3 is 5.97 Å². The molecule has 0 heterocycles. The summed E-state index contributed by atoms with van der Waals surface area (Å²) in [5.41, 5.74) is 0. The standard InChI is InChI=1S/C3H6O3.2C3H8O2.C3H8O.C3H6O/c1-2(4)3(5)6;1-3(2,4)5;1-3(5)2-4;2*1-3(2)4/h2,4H,1H3,(H,5,6);4-5H,1-2H3;3-5H,2H2,1H3;3-4H,1-2H3;1-2H3. The van der Waals surface area contributed by atoms with Gasteiger partial charge in [-0.2, -0.15) is 0 Å². The molecule has 9 heteroatoms. The van der Waals surface area contributed by atoms with Crippen LogP contribution >= 0.6 is 0 Å². The van der Waals surface area contributed by atoms with E-state index in [9.17, 15) is 9.59 Å². The normalized spacial score (nSPS) is 11.6. The quantitative estimate of drug-likeness (QED) is 0.320. The van der Waals surface area contributed by atoms with Crippen LogP contribution in [0.25, 0.3) is 0 Å². The Hall–Kier alpha value is -1.10. The van der Waals surface area contributed by atoms with E-state index in [0.29, 0.717) is 0 Å². The second kappa shape index (κ2) is 21.9. The molecule has 0 saturated heterocycles. The summed E-state index contributed by atoms with van der Waals surface area (Å²) in [6.07, 6.45) is -1.96. The molecule has 150 valence electrons. The third kappa shape index (κ3) is 345. The van der Waals surface area contributed by atoms with Crippen LogP contribution in [0.2, 0.25) is 0 Å². The minimum atomic E-state index is -1.50.